The maximum absolute atomic E-state index is 12.2. The van der Waals surface area contributed by atoms with Crippen molar-refractivity contribution >= 4 is 27.9 Å². The van der Waals surface area contributed by atoms with E-state index in [0.717, 1.165) is 11.3 Å². The van der Waals surface area contributed by atoms with Crippen LogP contribution < -0.4 is 5.32 Å². The number of hydrogen-bond donors (Lipinski definition) is 1. The molecule has 0 unspecified atom stereocenters. The third-order valence-corrected chi connectivity index (χ3v) is 3.96. The lowest BCUT2D eigenvalue weighted by atomic mass is 10.1. The van der Waals surface area contributed by atoms with Crippen LogP contribution in [0.4, 0.5) is 10.7 Å². The van der Waals surface area contributed by atoms with Crippen molar-refractivity contribution < 1.29 is 14.1 Å². The van der Waals surface area contributed by atoms with Gasteiger partial charge in [-0.15, -0.1) is 10.2 Å². The lowest BCUT2D eigenvalue weighted by Gasteiger charge is -2.07. The molecule has 0 bridgehead atoms. The Labute approximate surface area is 133 Å². The largest absolute Gasteiger partial charge is 0.421 e. The Morgan fingerprint density at radius 1 is 1.26 bits per heavy atom. The number of para-hydroxylation sites is 1. The maximum Gasteiger partial charge on any atom is 0.324 e. The molecule has 0 saturated heterocycles. The number of aryl methyl sites for hydroxylation is 1. The summed E-state index contributed by atoms with van der Waals surface area (Å²) in [5, 5.41) is 21.0. The van der Waals surface area contributed by atoms with E-state index in [4.69, 9.17) is 4.42 Å². The Kier molecular flexibility index (Phi) is 3.85. The van der Waals surface area contributed by atoms with Gasteiger partial charge in [0, 0.05) is 13.0 Å². The number of carbonyl (C=O) groups excluding carboxylic acids is 1. The molecule has 1 N–H and O–H groups in total. The summed E-state index contributed by atoms with van der Waals surface area (Å²) in [6.45, 7) is 1.67. The van der Waals surface area contributed by atoms with Gasteiger partial charge in [-0.2, -0.15) is 0 Å². The van der Waals surface area contributed by atoms with Crippen LogP contribution in [0.2, 0.25) is 0 Å². The van der Waals surface area contributed by atoms with Crippen LogP contribution in [-0.2, 0) is 0 Å². The molecule has 2 aromatic heterocycles. The summed E-state index contributed by atoms with van der Waals surface area (Å²) in [6.07, 6.45) is 0. The SMILES string of the molecule is Cc1nnc(-c2ccccc2NC(=O)c2ccc([N+](=O)[O-])s2)o1. The van der Waals surface area contributed by atoms with Gasteiger partial charge in [-0.05, 0) is 18.2 Å². The fourth-order valence-electron chi connectivity index (χ4n) is 1.92. The first-order chi connectivity index (χ1) is 11.0. The van der Waals surface area contributed by atoms with Crippen LogP contribution in [0, 0.1) is 17.0 Å². The number of anilines is 1. The number of hydrogen-bond acceptors (Lipinski definition) is 7. The van der Waals surface area contributed by atoms with Crippen molar-refractivity contribution in [1.29, 1.82) is 0 Å². The lowest BCUT2D eigenvalue weighted by molar-refractivity contribution is -0.380. The smallest absolute Gasteiger partial charge is 0.324 e. The van der Waals surface area contributed by atoms with Crippen LogP contribution in [0.15, 0.2) is 40.8 Å². The third-order valence-electron chi connectivity index (χ3n) is 2.93. The highest BCUT2D eigenvalue weighted by atomic mass is 32.1. The normalized spacial score (nSPS) is 10.5. The Morgan fingerprint density at radius 2 is 2.04 bits per heavy atom. The molecular weight excluding hydrogens is 320 g/mol. The number of benzene rings is 1. The van der Waals surface area contributed by atoms with Gasteiger partial charge in [0.15, 0.2) is 0 Å². The van der Waals surface area contributed by atoms with Crippen molar-refractivity contribution in [2.45, 2.75) is 6.92 Å². The van der Waals surface area contributed by atoms with E-state index in [-0.39, 0.29) is 15.8 Å². The molecule has 0 aliphatic heterocycles. The molecule has 0 atom stereocenters. The monoisotopic (exact) mass is 330 g/mol. The number of nitro groups is 1. The molecule has 0 spiro atoms. The molecule has 2 heterocycles. The fraction of sp³-hybridized carbons (Fsp3) is 0.0714. The molecule has 3 aromatic rings. The van der Waals surface area contributed by atoms with E-state index < -0.39 is 10.8 Å². The Morgan fingerprint density at radius 3 is 2.70 bits per heavy atom. The third kappa shape index (κ3) is 3.09. The molecule has 1 amide bonds. The van der Waals surface area contributed by atoms with Gasteiger partial charge in [-0.25, -0.2) is 0 Å². The molecule has 9 heteroatoms. The number of amides is 1. The first-order valence-electron chi connectivity index (χ1n) is 6.49. The quantitative estimate of drug-likeness (QED) is 0.580. The van der Waals surface area contributed by atoms with Crippen LogP contribution in [-0.4, -0.2) is 21.0 Å². The number of nitrogens with zero attached hydrogens (tertiary/aromatic N) is 3. The molecule has 0 aliphatic rings. The second-order valence-electron chi connectivity index (χ2n) is 4.52. The van der Waals surface area contributed by atoms with E-state index >= 15 is 0 Å². The van der Waals surface area contributed by atoms with Crippen molar-refractivity contribution in [2.24, 2.45) is 0 Å². The summed E-state index contributed by atoms with van der Waals surface area (Å²) in [6, 6.07) is 9.67. The van der Waals surface area contributed by atoms with Crippen LogP contribution >= 0.6 is 11.3 Å². The van der Waals surface area contributed by atoms with Crippen molar-refractivity contribution in [3.05, 3.63) is 57.3 Å². The van der Waals surface area contributed by atoms with Crippen LogP contribution in [0.25, 0.3) is 11.5 Å². The summed E-state index contributed by atoms with van der Waals surface area (Å²) in [5.41, 5.74) is 1.06. The highest BCUT2D eigenvalue weighted by Gasteiger charge is 2.18. The number of nitrogens with one attached hydrogen (secondary N) is 1. The van der Waals surface area contributed by atoms with Gasteiger partial charge in [-0.3, -0.25) is 14.9 Å². The topological polar surface area (TPSA) is 111 Å². The van der Waals surface area contributed by atoms with E-state index in [9.17, 15) is 14.9 Å². The molecule has 3 rings (SSSR count). The predicted molar refractivity (Wildman–Crippen MR) is 83.4 cm³/mol. The molecule has 0 fully saturated rings. The molecule has 1 aromatic carbocycles. The van der Waals surface area contributed by atoms with Gasteiger partial charge in [0.1, 0.15) is 0 Å². The van der Waals surface area contributed by atoms with Crippen LogP contribution in [0.1, 0.15) is 15.6 Å². The van der Waals surface area contributed by atoms with Crippen LogP contribution in [0.5, 0.6) is 0 Å². The predicted octanol–water partition coefficient (Wildman–Crippen LogP) is 3.27. The number of rotatable bonds is 4. The molecule has 0 saturated carbocycles. The second kappa shape index (κ2) is 5.97. The van der Waals surface area contributed by atoms with Gasteiger partial charge < -0.3 is 9.73 Å². The number of carbonyl (C=O) groups is 1. The van der Waals surface area contributed by atoms with Gasteiger partial charge in [-0.1, -0.05) is 23.5 Å². The first-order valence-corrected chi connectivity index (χ1v) is 7.31. The van der Waals surface area contributed by atoms with Gasteiger partial charge >= 0.3 is 5.00 Å². The average molecular weight is 330 g/mol. The molecule has 116 valence electrons. The lowest BCUT2D eigenvalue weighted by Crippen LogP contribution is -2.10. The molecule has 23 heavy (non-hydrogen) atoms. The summed E-state index contributed by atoms with van der Waals surface area (Å²) < 4.78 is 5.37. The highest BCUT2D eigenvalue weighted by molar-refractivity contribution is 7.17. The number of thiophene rings is 1. The van der Waals surface area contributed by atoms with Gasteiger partial charge in [0.25, 0.3) is 5.91 Å². The first kappa shape index (κ1) is 14.9. The Hall–Kier alpha value is -3.07. The minimum absolute atomic E-state index is 0.0871. The fourth-order valence-corrected chi connectivity index (χ4v) is 2.63. The van der Waals surface area contributed by atoms with Crippen molar-refractivity contribution in [1.82, 2.24) is 10.2 Å². The Bertz CT molecular complexity index is 886. The second-order valence-corrected chi connectivity index (χ2v) is 5.58. The van der Waals surface area contributed by atoms with E-state index in [0.29, 0.717) is 17.1 Å². The molecule has 8 nitrogen and oxygen atoms in total. The van der Waals surface area contributed by atoms with Crippen molar-refractivity contribution in [2.75, 3.05) is 5.32 Å². The zero-order valence-electron chi connectivity index (χ0n) is 11.8. The van der Waals surface area contributed by atoms with Crippen molar-refractivity contribution in [3.63, 3.8) is 0 Å². The van der Waals surface area contributed by atoms with E-state index in [1.807, 2.05) is 0 Å². The zero-order chi connectivity index (χ0) is 16.4. The average Bonchev–Trinajstić information content (AvgIpc) is 3.17. The minimum atomic E-state index is -0.531. The summed E-state index contributed by atoms with van der Waals surface area (Å²) in [4.78, 5) is 22.7. The standard InChI is InChI=1S/C14H10N4O4S/c1-8-16-17-14(22-8)9-4-2-3-5-10(9)15-13(19)11-6-7-12(23-11)18(20)21/h2-7H,1H3,(H,15,19). The summed E-state index contributed by atoms with van der Waals surface area (Å²) in [7, 11) is 0. The van der Waals surface area contributed by atoms with Gasteiger partial charge in [0.2, 0.25) is 11.8 Å². The van der Waals surface area contributed by atoms with Crippen LogP contribution in [0.3, 0.4) is 0 Å². The molecule has 0 aliphatic carbocycles. The van der Waals surface area contributed by atoms with E-state index in [2.05, 4.69) is 15.5 Å². The highest BCUT2D eigenvalue weighted by Crippen LogP contribution is 2.29. The summed E-state index contributed by atoms with van der Waals surface area (Å²) in [5.74, 6) is 0.261. The molecular formula is C14H10N4O4S. The minimum Gasteiger partial charge on any atom is -0.421 e. The zero-order valence-corrected chi connectivity index (χ0v) is 12.7. The maximum atomic E-state index is 12.2. The van der Waals surface area contributed by atoms with Gasteiger partial charge in [0.05, 0.1) is 21.1 Å². The van der Waals surface area contributed by atoms with E-state index in [1.54, 1.807) is 31.2 Å². The summed E-state index contributed by atoms with van der Waals surface area (Å²) >= 11 is 0.812. The van der Waals surface area contributed by atoms with Crippen molar-refractivity contribution in [3.8, 4) is 11.5 Å². The molecule has 0 radical (unpaired) electrons. The Balaban J connectivity index is 1.88. The van der Waals surface area contributed by atoms with E-state index in [1.165, 1.54) is 12.1 Å². The number of aromatic nitrogens is 2.